The summed E-state index contributed by atoms with van der Waals surface area (Å²) in [7, 11) is 1.72. The van der Waals surface area contributed by atoms with Crippen molar-refractivity contribution >= 4 is 0 Å². The quantitative estimate of drug-likeness (QED) is 0.817. The molecule has 1 aliphatic carbocycles. The first kappa shape index (κ1) is 15.6. The third-order valence-corrected chi connectivity index (χ3v) is 5.24. The SMILES string of the molecule is C=CCN1CCC(NC2CCC2c2ccc(OC)cc2)CC1. The molecule has 0 bridgehead atoms. The highest BCUT2D eigenvalue weighted by Gasteiger charge is 2.34. The van der Waals surface area contributed by atoms with E-state index in [2.05, 4.69) is 41.1 Å². The van der Waals surface area contributed by atoms with Crippen LogP contribution in [0.15, 0.2) is 36.9 Å². The molecule has 22 heavy (non-hydrogen) atoms. The topological polar surface area (TPSA) is 24.5 Å². The maximum absolute atomic E-state index is 5.25. The summed E-state index contributed by atoms with van der Waals surface area (Å²) in [4.78, 5) is 2.49. The predicted molar refractivity (Wildman–Crippen MR) is 91.6 cm³/mol. The van der Waals surface area contributed by atoms with Crippen LogP contribution in [0, 0.1) is 0 Å². The molecule has 2 unspecified atom stereocenters. The van der Waals surface area contributed by atoms with Gasteiger partial charge in [0.15, 0.2) is 0 Å². The summed E-state index contributed by atoms with van der Waals surface area (Å²) in [5, 5.41) is 3.91. The second kappa shape index (κ2) is 7.30. The molecule has 0 amide bonds. The van der Waals surface area contributed by atoms with Crippen molar-refractivity contribution in [3.63, 3.8) is 0 Å². The minimum Gasteiger partial charge on any atom is -0.497 e. The van der Waals surface area contributed by atoms with Gasteiger partial charge in [0.2, 0.25) is 0 Å². The van der Waals surface area contributed by atoms with Crippen LogP contribution in [0.1, 0.15) is 37.2 Å². The highest BCUT2D eigenvalue weighted by molar-refractivity contribution is 5.31. The lowest BCUT2D eigenvalue weighted by Crippen LogP contribution is -2.51. The van der Waals surface area contributed by atoms with Crippen molar-refractivity contribution in [1.29, 1.82) is 0 Å². The van der Waals surface area contributed by atoms with Crippen molar-refractivity contribution < 1.29 is 4.74 Å². The molecule has 1 heterocycles. The average molecular weight is 300 g/mol. The first-order valence-electron chi connectivity index (χ1n) is 8.53. The van der Waals surface area contributed by atoms with Crippen LogP contribution in [-0.4, -0.2) is 43.7 Å². The van der Waals surface area contributed by atoms with E-state index in [1.54, 1.807) is 7.11 Å². The minimum absolute atomic E-state index is 0.657. The Morgan fingerprint density at radius 3 is 2.45 bits per heavy atom. The average Bonchev–Trinajstić information content (AvgIpc) is 2.54. The number of methoxy groups -OCH3 is 1. The van der Waals surface area contributed by atoms with Gasteiger partial charge in [-0.3, -0.25) is 4.90 Å². The molecule has 1 saturated carbocycles. The van der Waals surface area contributed by atoms with E-state index < -0.39 is 0 Å². The van der Waals surface area contributed by atoms with Crippen molar-refractivity contribution in [3.8, 4) is 5.75 Å². The molecule has 1 aliphatic heterocycles. The summed E-state index contributed by atoms with van der Waals surface area (Å²) >= 11 is 0. The Morgan fingerprint density at radius 2 is 1.91 bits per heavy atom. The Balaban J connectivity index is 1.50. The number of ether oxygens (including phenoxy) is 1. The van der Waals surface area contributed by atoms with E-state index in [1.807, 2.05) is 6.08 Å². The molecule has 1 N–H and O–H groups in total. The van der Waals surface area contributed by atoms with Gasteiger partial charge in [0.25, 0.3) is 0 Å². The minimum atomic E-state index is 0.657. The van der Waals surface area contributed by atoms with Crippen molar-refractivity contribution in [2.45, 2.75) is 43.7 Å². The maximum Gasteiger partial charge on any atom is 0.118 e. The van der Waals surface area contributed by atoms with Crippen LogP contribution in [0.2, 0.25) is 0 Å². The monoisotopic (exact) mass is 300 g/mol. The molecule has 1 aromatic rings. The molecular weight excluding hydrogens is 272 g/mol. The van der Waals surface area contributed by atoms with Crippen LogP contribution in [0.5, 0.6) is 5.75 Å². The molecule has 3 heteroatoms. The lowest BCUT2D eigenvalue weighted by molar-refractivity contribution is 0.178. The van der Waals surface area contributed by atoms with Gasteiger partial charge in [-0.25, -0.2) is 0 Å². The zero-order valence-corrected chi connectivity index (χ0v) is 13.6. The van der Waals surface area contributed by atoms with Crippen LogP contribution in [0.25, 0.3) is 0 Å². The number of piperidine rings is 1. The summed E-state index contributed by atoms with van der Waals surface area (Å²) in [6, 6.07) is 9.96. The molecule has 3 nitrogen and oxygen atoms in total. The van der Waals surface area contributed by atoms with Gasteiger partial charge in [-0.05, 0) is 62.4 Å². The molecule has 1 aromatic carbocycles. The molecule has 0 aromatic heterocycles. The molecule has 2 fully saturated rings. The van der Waals surface area contributed by atoms with Crippen LogP contribution < -0.4 is 10.1 Å². The molecule has 2 aliphatic rings. The molecule has 1 saturated heterocycles. The van der Waals surface area contributed by atoms with Crippen LogP contribution in [0.4, 0.5) is 0 Å². The fraction of sp³-hybridized carbons (Fsp3) is 0.579. The van der Waals surface area contributed by atoms with Gasteiger partial charge in [-0.2, -0.15) is 0 Å². The van der Waals surface area contributed by atoms with Gasteiger partial charge in [-0.1, -0.05) is 18.2 Å². The molecule has 3 rings (SSSR count). The largest absolute Gasteiger partial charge is 0.497 e. The van der Waals surface area contributed by atoms with Crippen molar-refractivity contribution in [2.24, 2.45) is 0 Å². The summed E-state index contributed by atoms with van der Waals surface area (Å²) < 4.78 is 5.25. The Morgan fingerprint density at radius 1 is 1.18 bits per heavy atom. The van der Waals surface area contributed by atoms with E-state index in [0.717, 1.165) is 12.3 Å². The highest BCUT2D eigenvalue weighted by Crippen LogP contribution is 2.38. The Bertz CT molecular complexity index is 477. The predicted octanol–water partition coefficient (Wildman–Crippen LogP) is 3.18. The lowest BCUT2D eigenvalue weighted by atomic mass is 9.74. The zero-order chi connectivity index (χ0) is 15.4. The fourth-order valence-corrected chi connectivity index (χ4v) is 3.72. The second-order valence-corrected chi connectivity index (χ2v) is 6.59. The van der Waals surface area contributed by atoms with Crippen LogP contribution >= 0.6 is 0 Å². The van der Waals surface area contributed by atoms with E-state index in [1.165, 1.54) is 44.3 Å². The number of likely N-dealkylation sites (tertiary alicyclic amines) is 1. The standard InChI is InChI=1S/C19H28N2O/c1-3-12-21-13-10-16(11-14-21)20-19-9-8-18(19)15-4-6-17(22-2)7-5-15/h3-7,16,18-20H,1,8-14H2,2H3. The highest BCUT2D eigenvalue weighted by atomic mass is 16.5. The Hall–Kier alpha value is -1.32. The molecular formula is C19H28N2O. The third kappa shape index (κ3) is 3.53. The molecule has 120 valence electrons. The number of rotatable bonds is 6. The zero-order valence-electron chi connectivity index (χ0n) is 13.6. The number of hydrogen-bond acceptors (Lipinski definition) is 3. The van der Waals surface area contributed by atoms with Crippen molar-refractivity contribution in [3.05, 3.63) is 42.5 Å². The van der Waals surface area contributed by atoms with Crippen LogP contribution in [0.3, 0.4) is 0 Å². The number of benzene rings is 1. The summed E-state index contributed by atoms with van der Waals surface area (Å²) in [5.74, 6) is 1.62. The summed E-state index contributed by atoms with van der Waals surface area (Å²) in [6.07, 6.45) is 7.15. The van der Waals surface area contributed by atoms with E-state index in [4.69, 9.17) is 4.74 Å². The van der Waals surface area contributed by atoms with Crippen molar-refractivity contribution in [1.82, 2.24) is 10.2 Å². The first-order chi connectivity index (χ1) is 10.8. The number of hydrogen-bond donors (Lipinski definition) is 1. The summed E-state index contributed by atoms with van der Waals surface area (Å²) in [5.41, 5.74) is 1.45. The van der Waals surface area contributed by atoms with E-state index >= 15 is 0 Å². The Kier molecular flexibility index (Phi) is 5.16. The molecule has 2 atom stereocenters. The number of nitrogens with one attached hydrogen (secondary N) is 1. The third-order valence-electron chi connectivity index (χ3n) is 5.24. The van der Waals surface area contributed by atoms with Gasteiger partial charge in [0, 0.05) is 18.6 Å². The van der Waals surface area contributed by atoms with Gasteiger partial charge >= 0.3 is 0 Å². The number of nitrogens with zero attached hydrogens (tertiary/aromatic N) is 1. The second-order valence-electron chi connectivity index (χ2n) is 6.59. The van der Waals surface area contributed by atoms with Gasteiger partial charge in [0.05, 0.1) is 7.11 Å². The first-order valence-corrected chi connectivity index (χ1v) is 8.53. The maximum atomic E-state index is 5.25. The van der Waals surface area contributed by atoms with Crippen molar-refractivity contribution in [2.75, 3.05) is 26.7 Å². The Labute approximate surface area is 134 Å². The van der Waals surface area contributed by atoms with Gasteiger partial charge in [0.1, 0.15) is 5.75 Å². The van der Waals surface area contributed by atoms with Crippen LogP contribution in [-0.2, 0) is 0 Å². The molecule has 0 radical (unpaired) electrons. The van der Waals surface area contributed by atoms with Gasteiger partial charge in [-0.15, -0.1) is 6.58 Å². The summed E-state index contributed by atoms with van der Waals surface area (Å²) in [6.45, 7) is 7.26. The smallest absolute Gasteiger partial charge is 0.118 e. The normalized spacial score (nSPS) is 26.4. The lowest BCUT2D eigenvalue weighted by Gasteiger charge is -2.42. The van der Waals surface area contributed by atoms with E-state index in [-0.39, 0.29) is 0 Å². The fourth-order valence-electron chi connectivity index (χ4n) is 3.72. The van der Waals surface area contributed by atoms with Gasteiger partial charge < -0.3 is 10.1 Å². The molecule has 0 spiro atoms. The van der Waals surface area contributed by atoms with E-state index in [9.17, 15) is 0 Å². The van der Waals surface area contributed by atoms with E-state index in [0.29, 0.717) is 18.0 Å².